The number of hydrogen-bond acceptors (Lipinski definition) is 3. The molecule has 0 radical (unpaired) electrons. The molecule has 1 amide bonds. The van der Waals surface area contributed by atoms with Gasteiger partial charge in [0, 0.05) is 13.5 Å². The minimum Gasteiger partial charge on any atom is -0.480 e. The summed E-state index contributed by atoms with van der Waals surface area (Å²) in [5, 5.41) is 14.4. The second-order valence-electron chi connectivity index (χ2n) is 3.69. The van der Waals surface area contributed by atoms with Crippen molar-refractivity contribution < 1.29 is 14.7 Å². The van der Waals surface area contributed by atoms with E-state index in [0.29, 0.717) is 25.8 Å². The lowest BCUT2D eigenvalue weighted by molar-refractivity contribution is -0.144. The molecular weight excluding hydrogens is 196 g/mol. The molecule has 0 aromatic rings. The summed E-state index contributed by atoms with van der Waals surface area (Å²) in [7, 11) is 1.59. The van der Waals surface area contributed by atoms with Crippen molar-refractivity contribution in [2.75, 3.05) is 13.6 Å². The highest BCUT2D eigenvalue weighted by atomic mass is 16.4. The highest BCUT2D eigenvalue weighted by molar-refractivity contribution is 5.78. The molecule has 5 heteroatoms. The van der Waals surface area contributed by atoms with Crippen molar-refractivity contribution in [3.8, 4) is 0 Å². The van der Waals surface area contributed by atoms with Crippen LogP contribution in [-0.4, -0.2) is 36.1 Å². The fourth-order valence-corrected chi connectivity index (χ4v) is 1.09. The maximum absolute atomic E-state index is 10.9. The van der Waals surface area contributed by atoms with Gasteiger partial charge in [0.25, 0.3) is 0 Å². The second-order valence-corrected chi connectivity index (χ2v) is 3.69. The Labute approximate surface area is 90.2 Å². The van der Waals surface area contributed by atoms with Gasteiger partial charge in [-0.25, -0.2) is 0 Å². The maximum atomic E-state index is 10.9. The molecule has 88 valence electrons. The minimum atomic E-state index is -0.886. The van der Waals surface area contributed by atoms with Gasteiger partial charge in [0.1, 0.15) is 5.54 Å². The lowest BCUT2D eigenvalue weighted by Gasteiger charge is -2.24. The zero-order chi connectivity index (χ0) is 11.9. The van der Waals surface area contributed by atoms with Crippen molar-refractivity contribution >= 4 is 11.9 Å². The molecule has 0 fully saturated rings. The van der Waals surface area contributed by atoms with E-state index < -0.39 is 11.5 Å². The zero-order valence-corrected chi connectivity index (χ0v) is 9.59. The Balaban J connectivity index is 3.83. The first-order valence-electron chi connectivity index (χ1n) is 5.15. The Morgan fingerprint density at radius 3 is 2.40 bits per heavy atom. The second kappa shape index (κ2) is 6.40. The third kappa shape index (κ3) is 4.78. The van der Waals surface area contributed by atoms with E-state index in [4.69, 9.17) is 5.11 Å². The lowest BCUT2D eigenvalue weighted by Crippen LogP contribution is -2.49. The molecule has 0 spiro atoms. The first-order valence-corrected chi connectivity index (χ1v) is 5.15. The molecule has 0 aliphatic rings. The molecule has 0 rings (SSSR count). The van der Waals surface area contributed by atoms with Gasteiger partial charge in [0.2, 0.25) is 5.91 Å². The Morgan fingerprint density at radius 1 is 1.40 bits per heavy atom. The zero-order valence-electron chi connectivity index (χ0n) is 9.59. The molecule has 0 aliphatic carbocycles. The molecule has 0 aromatic carbocycles. The van der Waals surface area contributed by atoms with Gasteiger partial charge in [-0.05, 0) is 26.3 Å². The quantitative estimate of drug-likeness (QED) is 0.537. The van der Waals surface area contributed by atoms with Gasteiger partial charge in [-0.2, -0.15) is 0 Å². The van der Waals surface area contributed by atoms with Crippen LogP contribution in [0.1, 0.15) is 33.1 Å². The lowest BCUT2D eigenvalue weighted by atomic mass is 9.99. The molecule has 0 heterocycles. The number of rotatable bonds is 7. The van der Waals surface area contributed by atoms with Gasteiger partial charge in [0.15, 0.2) is 0 Å². The molecule has 0 aliphatic heterocycles. The Bertz CT molecular complexity index is 231. The molecule has 0 saturated carbocycles. The summed E-state index contributed by atoms with van der Waals surface area (Å²) in [6.07, 6.45) is 1.58. The molecule has 15 heavy (non-hydrogen) atoms. The van der Waals surface area contributed by atoms with Crippen LogP contribution < -0.4 is 10.6 Å². The van der Waals surface area contributed by atoms with E-state index in [0.717, 1.165) is 0 Å². The summed E-state index contributed by atoms with van der Waals surface area (Å²) in [5.74, 6) is -0.879. The minimum absolute atomic E-state index is 0.0228. The summed E-state index contributed by atoms with van der Waals surface area (Å²) in [6.45, 7) is 4.00. The number of carbonyl (C=O) groups is 2. The van der Waals surface area contributed by atoms with Crippen LogP contribution >= 0.6 is 0 Å². The first-order chi connectivity index (χ1) is 6.96. The van der Waals surface area contributed by atoms with Crippen molar-refractivity contribution in [3.63, 3.8) is 0 Å². The highest BCUT2D eigenvalue weighted by Gasteiger charge is 2.29. The van der Waals surface area contributed by atoms with E-state index in [9.17, 15) is 9.59 Å². The maximum Gasteiger partial charge on any atom is 0.323 e. The smallest absolute Gasteiger partial charge is 0.323 e. The normalized spacial score (nSPS) is 14.3. The monoisotopic (exact) mass is 216 g/mol. The van der Waals surface area contributed by atoms with Gasteiger partial charge in [0.05, 0.1) is 0 Å². The average Bonchev–Trinajstić information content (AvgIpc) is 2.23. The number of carbonyl (C=O) groups excluding carboxylic acids is 1. The van der Waals surface area contributed by atoms with Crippen LogP contribution in [0.2, 0.25) is 0 Å². The third-order valence-electron chi connectivity index (χ3n) is 2.55. The molecule has 3 N–H and O–H groups in total. The molecule has 1 unspecified atom stereocenters. The largest absolute Gasteiger partial charge is 0.480 e. The van der Waals surface area contributed by atoms with Gasteiger partial charge in [-0.15, -0.1) is 0 Å². The van der Waals surface area contributed by atoms with E-state index in [1.165, 1.54) is 0 Å². The number of carboxylic acid groups (broad SMARTS) is 1. The van der Waals surface area contributed by atoms with Crippen LogP contribution in [0.4, 0.5) is 0 Å². The predicted octanol–water partition coefficient (Wildman–Crippen LogP) is 0.356. The predicted molar refractivity (Wildman–Crippen MR) is 57.6 cm³/mol. The van der Waals surface area contributed by atoms with Crippen LogP contribution in [0.3, 0.4) is 0 Å². The summed E-state index contributed by atoms with van der Waals surface area (Å²) in [6, 6.07) is 0. The van der Waals surface area contributed by atoms with Gasteiger partial charge in [-0.1, -0.05) is 6.92 Å². The van der Waals surface area contributed by atoms with Crippen molar-refractivity contribution in [1.82, 2.24) is 10.6 Å². The van der Waals surface area contributed by atoms with E-state index in [1.807, 2.05) is 6.92 Å². The molecular formula is C10H20N2O3. The van der Waals surface area contributed by atoms with Gasteiger partial charge >= 0.3 is 5.97 Å². The van der Waals surface area contributed by atoms with Crippen LogP contribution in [0, 0.1) is 0 Å². The van der Waals surface area contributed by atoms with E-state index in [2.05, 4.69) is 10.6 Å². The number of hydrogen-bond donors (Lipinski definition) is 3. The highest BCUT2D eigenvalue weighted by Crippen LogP contribution is 2.08. The Hall–Kier alpha value is -1.10. The molecule has 5 nitrogen and oxygen atoms in total. The van der Waals surface area contributed by atoms with Crippen LogP contribution in [0.15, 0.2) is 0 Å². The number of carboxylic acids is 1. The van der Waals surface area contributed by atoms with Crippen molar-refractivity contribution in [1.29, 1.82) is 0 Å². The van der Waals surface area contributed by atoms with Crippen molar-refractivity contribution in [2.45, 2.75) is 38.6 Å². The fraction of sp³-hybridized carbons (Fsp3) is 0.800. The average molecular weight is 216 g/mol. The van der Waals surface area contributed by atoms with Gasteiger partial charge in [-0.3, -0.25) is 9.59 Å². The first kappa shape index (κ1) is 13.9. The molecule has 0 saturated heterocycles. The summed E-state index contributed by atoms with van der Waals surface area (Å²) < 4.78 is 0. The molecule has 0 bridgehead atoms. The van der Waals surface area contributed by atoms with Crippen molar-refractivity contribution in [2.24, 2.45) is 0 Å². The SMILES string of the molecule is CCC(C)(NCCCC(=O)NC)C(=O)O. The van der Waals surface area contributed by atoms with E-state index in [-0.39, 0.29) is 5.91 Å². The number of nitrogens with one attached hydrogen (secondary N) is 2. The fourth-order valence-electron chi connectivity index (χ4n) is 1.09. The van der Waals surface area contributed by atoms with Crippen molar-refractivity contribution in [3.05, 3.63) is 0 Å². The topological polar surface area (TPSA) is 78.4 Å². The molecule has 0 aromatic heterocycles. The number of aliphatic carboxylic acids is 1. The Morgan fingerprint density at radius 2 is 2.00 bits per heavy atom. The van der Waals surface area contributed by atoms with Gasteiger partial charge < -0.3 is 15.7 Å². The third-order valence-corrected chi connectivity index (χ3v) is 2.55. The van der Waals surface area contributed by atoms with E-state index in [1.54, 1.807) is 14.0 Å². The summed E-state index contributed by atoms with van der Waals surface area (Å²) in [4.78, 5) is 21.8. The van der Waals surface area contributed by atoms with Crippen LogP contribution in [-0.2, 0) is 9.59 Å². The van der Waals surface area contributed by atoms with E-state index >= 15 is 0 Å². The number of amides is 1. The van der Waals surface area contributed by atoms with Crippen LogP contribution in [0.5, 0.6) is 0 Å². The summed E-state index contributed by atoms with van der Waals surface area (Å²) in [5.41, 5.74) is -0.886. The Kier molecular flexibility index (Phi) is 5.93. The van der Waals surface area contributed by atoms with Crippen LogP contribution in [0.25, 0.3) is 0 Å². The molecule has 1 atom stereocenters. The standard InChI is InChI=1S/C10H20N2O3/c1-4-10(2,9(14)15)12-7-5-6-8(13)11-3/h12H,4-7H2,1-3H3,(H,11,13)(H,14,15). The summed E-state index contributed by atoms with van der Waals surface area (Å²) >= 11 is 0.